The molecule has 1 aliphatic rings. The average Bonchev–Trinajstić information content (AvgIpc) is 2.90. The molecule has 1 aromatic carbocycles. The van der Waals surface area contributed by atoms with Crippen LogP contribution >= 0.6 is 11.6 Å². The van der Waals surface area contributed by atoms with Gasteiger partial charge in [0.05, 0.1) is 0 Å². The topological polar surface area (TPSA) is 38.9 Å². The van der Waals surface area contributed by atoms with Crippen LogP contribution in [0.15, 0.2) is 34.4 Å². The highest BCUT2D eigenvalue weighted by Gasteiger charge is 2.09. The van der Waals surface area contributed by atoms with Gasteiger partial charge in [0.1, 0.15) is 0 Å². The summed E-state index contributed by atoms with van der Waals surface area (Å²) in [4.78, 5) is 4.43. The molecule has 0 N–H and O–H groups in total. The Morgan fingerprint density at radius 1 is 1.10 bits per heavy atom. The summed E-state index contributed by atoms with van der Waals surface area (Å²) in [6.07, 6.45) is 8.93. The maximum Gasteiger partial charge on any atom is 0.250 e. The lowest BCUT2D eigenvalue weighted by Gasteiger charge is -2.11. The van der Waals surface area contributed by atoms with Gasteiger partial charge in [-0.2, -0.15) is 4.98 Å². The van der Waals surface area contributed by atoms with Gasteiger partial charge in [0, 0.05) is 17.5 Å². The minimum absolute atomic E-state index is 0.630. The molecule has 0 radical (unpaired) electrons. The number of hydrogen-bond donors (Lipinski definition) is 0. The smallest absolute Gasteiger partial charge is 0.250 e. The van der Waals surface area contributed by atoms with Crippen molar-refractivity contribution in [2.24, 2.45) is 0 Å². The van der Waals surface area contributed by atoms with Crippen LogP contribution in [0.5, 0.6) is 0 Å². The standard InChI is InChI=1S/C16H17ClN2O/c17-14-8-6-13(7-9-14)10-15-18-16(20-19-15)11-12-4-2-1-3-5-12/h6-9,11H,1-5,10H2. The summed E-state index contributed by atoms with van der Waals surface area (Å²) in [7, 11) is 0. The summed E-state index contributed by atoms with van der Waals surface area (Å²) in [5.74, 6) is 1.35. The van der Waals surface area contributed by atoms with Crippen LogP contribution in [0.2, 0.25) is 5.02 Å². The van der Waals surface area contributed by atoms with E-state index in [4.69, 9.17) is 16.1 Å². The van der Waals surface area contributed by atoms with Gasteiger partial charge in [0.2, 0.25) is 0 Å². The molecule has 1 fully saturated rings. The first-order chi connectivity index (χ1) is 9.79. The second kappa shape index (κ2) is 6.23. The number of rotatable bonds is 3. The Bertz CT molecular complexity index is 593. The normalized spacial score (nSPS) is 15.3. The van der Waals surface area contributed by atoms with E-state index >= 15 is 0 Å². The van der Waals surface area contributed by atoms with E-state index in [-0.39, 0.29) is 0 Å². The maximum atomic E-state index is 5.87. The SMILES string of the molecule is Clc1ccc(Cc2noc(C=C3CCCCC3)n2)cc1. The highest BCUT2D eigenvalue weighted by Crippen LogP contribution is 2.24. The summed E-state index contributed by atoms with van der Waals surface area (Å²) in [5.41, 5.74) is 2.56. The van der Waals surface area contributed by atoms with E-state index in [0.29, 0.717) is 12.3 Å². The van der Waals surface area contributed by atoms with E-state index in [9.17, 15) is 0 Å². The van der Waals surface area contributed by atoms with Crippen molar-refractivity contribution in [3.63, 3.8) is 0 Å². The van der Waals surface area contributed by atoms with E-state index in [1.165, 1.54) is 24.8 Å². The molecule has 0 atom stereocenters. The quantitative estimate of drug-likeness (QED) is 0.824. The fourth-order valence-electron chi connectivity index (χ4n) is 2.51. The van der Waals surface area contributed by atoms with Gasteiger partial charge in [0.15, 0.2) is 5.82 Å². The summed E-state index contributed by atoms with van der Waals surface area (Å²) < 4.78 is 5.30. The molecule has 20 heavy (non-hydrogen) atoms. The summed E-state index contributed by atoms with van der Waals surface area (Å²) >= 11 is 5.87. The van der Waals surface area contributed by atoms with Crippen LogP contribution in [0, 0.1) is 0 Å². The van der Waals surface area contributed by atoms with Gasteiger partial charge in [-0.25, -0.2) is 0 Å². The average molecular weight is 289 g/mol. The van der Waals surface area contributed by atoms with Gasteiger partial charge in [-0.05, 0) is 43.4 Å². The van der Waals surface area contributed by atoms with Gasteiger partial charge in [-0.15, -0.1) is 0 Å². The number of halogens is 1. The molecule has 1 aliphatic carbocycles. The summed E-state index contributed by atoms with van der Waals surface area (Å²) in [6, 6.07) is 7.72. The Kier molecular flexibility index (Phi) is 4.16. The Morgan fingerprint density at radius 3 is 2.60 bits per heavy atom. The molecular formula is C16H17ClN2O. The van der Waals surface area contributed by atoms with Gasteiger partial charge in [0.25, 0.3) is 5.89 Å². The number of aromatic nitrogens is 2. The van der Waals surface area contributed by atoms with E-state index in [1.54, 1.807) is 0 Å². The van der Waals surface area contributed by atoms with Crippen LogP contribution in [0.1, 0.15) is 49.4 Å². The Balaban J connectivity index is 1.68. The van der Waals surface area contributed by atoms with Crippen molar-refractivity contribution < 1.29 is 4.52 Å². The van der Waals surface area contributed by atoms with Gasteiger partial charge in [-0.1, -0.05) is 40.9 Å². The zero-order chi connectivity index (χ0) is 13.8. The summed E-state index contributed by atoms with van der Waals surface area (Å²) in [5, 5.41) is 4.78. The minimum Gasteiger partial charge on any atom is -0.335 e. The predicted molar refractivity (Wildman–Crippen MR) is 79.6 cm³/mol. The van der Waals surface area contributed by atoms with Crippen molar-refractivity contribution in [1.29, 1.82) is 0 Å². The molecule has 0 saturated heterocycles. The van der Waals surface area contributed by atoms with Crippen LogP contribution in [0.4, 0.5) is 0 Å². The van der Waals surface area contributed by atoms with Gasteiger partial charge in [-0.3, -0.25) is 0 Å². The van der Waals surface area contributed by atoms with Crippen LogP contribution in [0.3, 0.4) is 0 Å². The second-order valence-electron chi connectivity index (χ2n) is 5.22. The van der Waals surface area contributed by atoms with E-state index in [0.717, 1.165) is 29.3 Å². The van der Waals surface area contributed by atoms with Crippen molar-refractivity contribution in [2.45, 2.75) is 38.5 Å². The van der Waals surface area contributed by atoms with Crippen LogP contribution in [-0.4, -0.2) is 10.1 Å². The maximum absolute atomic E-state index is 5.87. The zero-order valence-corrected chi connectivity index (χ0v) is 12.1. The Hall–Kier alpha value is -1.61. The third-order valence-corrected chi connectivity index (χ3v) is 3.83. The minimum atomic E-state index is 0.630. The molecule has 0 unspecified atom stereocenters. The lowest BCUT2D eigenvalue weighted by molar-refractivity contribution is 0.403. The van der Waals surface area contributed by atoms with Crippen molar-refractivity contribution in [3.05, 3.63) is 52.1 Å². The van der Waals surface area contributed by atoms with Crippen molar-refractivity contribution in [2.75, 3.05) is 0 Å². The molecule has 1 heterocycles. The Morgan fingerprint density at radius 2 is 1.85 bits per heavy atom. The fraction of sp³-hybridized carbons (Fsp3) is 0.375. The second-order valence-corrected chi connectivity index (χ2v) is 5.65. The molecule has 0 aliphatic heterocycles. The van der Waals surface area contributed by atoms with E-state index < -0.39 is 0 Å². The number of nitrogens with zero attached hydrogens (tertiary/aromatic N) is 2. The van der Waals surface area contributed by atoms with E-state index in [1.807, 2.05) is 24.3 Å². The molecule has 3 nitrogen and oxygen atoms in total. The molecule has 3 rings (SSSR count). The molecule has 0 bridgehead atoms. The molecule has 1 aromatic heterocycles. The number of allylic oxidation sites excluding steroid dienone is 1. The molecule has 0 spiro atoms. The first-order valence-corrected chi connectivity index (χ1v) is 7.44. The highest BCUT2D eigenvalue weighted by atomic mass is 35.5. The molecule has 4 heteroatoms. The third-order valence-electron chi connectivity index (χ3n) is 3.58. The fourth-order valence-corrected chi connectivity index (χ4v) is 2.63. The third kappa shape index (κ3) is 3.48. The van der Waals surface area contributed by atoms with Crippen LogP contribution in [0.25, 0.3) is 6.08 Å². The van der Waals surface area contributed by atoms with Crippen LogP contribution < -0.4 is 0 Å². The molecule has 104 valence electrons. The number of hydrogen-bond acceptors (Lipinski definition) is 3. The lowest BCUT2D eigenvalue weighted by atomic mass is 9.95. The predicted octanol–water partition coefficient (Wildman–Crippen LogP) is 4.66. The van der Waals surface area contributed by atoms with Crippen molar-refractivity contribution in [1.82, 2.24) is 10.1 Å². The lowest BCUT2D eigenvalue weighted by Crippen LogP contribution is -1.93. The Labute approximate surface area is 123 Å². The van der Waals surface area contributed by atoms with Gasteiger partial charge < -0.3 is 4.52 Å². The summed E-state index contributed by atoms with van der Waals surface area (Å²) in [6.45, 7) is 0. The highest BCUT2D eigenvalue weighted by molar-refractivity contribution is 6.30. The monoisotopic (exact) mass is 288 g/mol. The largest absolute Gasteiger partial charge is 0.335 e. The van der Waals surface area contributed by atoms with Crippen molar-refractivity contribution >= 4 is 17.7 Å². The first-order valence-electron chi connectivity index (χ1n) is 7.06. The first kappa shape index (κ1) is 13.4. The zero-order valence-electron chi connectivity index (χ0n) is 11.3. The molecular weight excluding hydrogens is 272 g/mol. The molecule has 0 amide bonds. The van der Waals surface area contributed by atoms with Crippen LogP contribution in [-0.2, 0) is 6.42 Å². The molecule has 1 saturated carbocycles. The number of benzene rings is 1. The van der Waals surface area contributed by atoms with E-state index in [2.05, 4.69) is 16.2 Å². The van der Waals surface area contributed by atoms with Gasteiger partial charge >= 0.3 is 0 Å². The van der Waals surface area contributed by atoms with Crippen molar-refractivity contribution in [3.8, 4) is 0 Å². The molecule has 2 aromatic rings.